The molecule has 0 saturated heterocycles. The Kier molecular flexibility index (Phi) is 2.99. The quantitative estimate of drug-likeness (QED) is 0.860. The third-order valence-electron chi connectivity index (χ3n) is 2.07. The van der Waals surface area contributed by atoms with Crippen molar-refractivity contribution in [3.8, 4) is 11.3 Å². The number of aliphatic hydroxyl groups excluding tert-OH is 1. The lowest BCUT2D eigenvalue weighted by molar-refractivity contribution is 0.269. The number of hydrogen-bond acceptors (Lipinski definition) is 3. The van der Waals surface area contributed by atoms with E-state index in [-0.39, 0.29) is 6.61 Å². The lowest BCUT2D eigenvalue weighted by Crippen LogP contribution is -2.05. The van der Waals surface area contributed by atoms with Gasteiger partial charge in [-0.3, -0.25) is 0 Å². The fourth-order valence-corrected chi connectivity index (χ4v) is 1.49. The zero-order chi connectivity index (χ0) is 10.7. The van der Waals surface area contributed by atoms with Crippen LogP contribution in [0.1, 0.15) is 0 Å². The average molecular weight is 224 g/mol. The molecule has 0 fully saturated rings. The maximum atomic E-state index is 8.84. The lowest BCUT2D eigenvalue weighted by atomic mass is 10.2. The van der Waals surface area contributed by atoms with Gasteiger partial charge in [0.05, 0.1) is 25.0 Å². The molecule has 1 aromatic heterocycles. The van der Waals surface area contributed by atoms with Gasteiger partial charge in [0.2, 0.25) is 0 Å². The van der Waals surface area contributed by atoms with Gasteiger partial charge in [0, 0.05) is 10.6 Å². The minimum absolute atomic E-state index is 0.0456. The van der Waals surface area contributed by atoms with E-state index in [1.807, 2.05) is 24.3 Å². The van der Waals surface area contributed by atoms with Crippen LogP contribution in [0.4, 0.5) is 0 Å². The van der Waals surface area contributed by atoms with Crippen molar-refractivity contribution < 1.29 is 5.11 Å². The smallest absolute Gasteiger partial charge is 0.0886 e. The molecule has 0 amide bonds. The predicted octanol–water partition coefficient (Wildman–Crippen LogP) is 1.59. The molecule has 2 rings (SSSR count). The van der Waals surface area contributed by atoms with E-state index in [1.54, 1.807) is 10.9 Å². The van der Waals surface area contributed by atoms with Crippen molar-refractivity contribution in [1.82, 2.24) is 15.0 Å². The van der Waals surface area contributed by atoms with Crippen molar-refractivity contribution >= 4 is 11.6 Å². The number of nitrogens with zero attached hydrogens (tertiary/aromatic N) is 3. The van der Waals surface area contributed by atoms with Gasteiger partial charge in [0.1, 0.15) is 0 Å². The van der Waals surface area contributed by atoms with Crippen molar-refractivity contribution in [2.75, 3.05) is 6.61 Å². The molecule has 0 spiro atoms. The summed E-state index contributed by atoms with van der Waals surface area (Å²) in [5.41, 5.74) is 1.86. The summed E-state index contributed by atoms with van der Waals surface area (Å²) < 4.78 is 1.66. The fraction of sp³-hybridized carbons (Fsp3) is 0.200. The molecular formula is C10H10ClN3O. The summed E-state index contributed by atoms with van der Waals surface area (Å²) in [4.78, 5) is 0. The standard InChI is InChI=1S/C10H10ClN3O/c11-9-3-1-8(2-4-9)10-7-12-13-14(10)5-6-15/h1-4,7,15H,5-6H2. The average Bonchev–Trinajstić information content (AvgIpc) is 2.68. The van der Waals surface area contributed by atoms with Crippen LogP contribution in [-0.4, -0.2) is 26.7 Å². The van der Waals surface area contributed by atoms with Crippen LogP contribution in [0.5, 0.6) is 0 Å². The Bertz CT molecular complexity index is 438. The highest BCUT2D eigenvalue weighted by Gasteiger charge is 2.05. The first-order valence-electron chi connectivity index (χ1n) is 4.56. The minimum Gasteiger partial charge on any atom is -0.394 e. The molecule has 0 radical (unpaired) electrons. The second-order valence-electron chi connectivity index (χ2n) is 3.07. The second kappa shape index (κ2) is 4.42. The Labute approximate surface area is 92.1 Å². The van der Waals surface area contributed by atoms with Gasteiger partial charge in [-0.05, 0) is 12.1 Å². The van der Waals surface area contributed by atoms with E-state index >= 15 is 0 Å². The summed E-state index contributed by atoms with van der Waals surface area (Å²) in [6, 6.07) is 7.42. The van der Waals surface area contributed by atoms with E-state index in [0.717, 1.165) is 11.3 Å². The Morgan fingerprint density at radius 3 is 2.67 bits per heavy atom. The van der Waals surface area contributed by atoms with Gasteiger partial charge in [0.25, 0.3) is 0 Å². The largest absolute Gasteiger partial charge is 0.394 e. The van der Waals surface area contributed by atoms with E-state index in [0.29, 0.717) is 11.6 Å². The molecule has 5 heteroatoms. The highest BCUT2D eigenvalue weighted by atomic mass is 35.5. The van der Waals surface area contributed by atoms with Crippen molar-refractivity contribution in [3.63, 3.8) is 0 Å². The zero-order valence-corrected chi connectivity index (χ0v) is 8.72. The molecule has 0 aliphatic heterocycles. The Morgan fingerprint density at radius 2 is 2.00 bits per heavy atom. The SMILES string of the molecule is OCCn1nncc1-c1ccc(Cl)cc1. The number of hydrogen-bond donors (Lipinski definition) is 1. The minimum atomic E-state index is 0.0456. The van der Waals surface area contributed by atoms with E-state index < -0.39 is 0 Å². The summed E-state index contributed by atoms with van der Waals surface area (Å²) in [6.45, 7) is 0.488. The lowest BCUT2D eigenvalue weighted by Gasteiger charge is -2.03. The Morgan fingerprint density at radius 1 is 1.27 bits per heavy atom. The first kappa shape index (κ1) is 10.1. The monoisotopic (exact) mass is 223 g/mol. The normalized spacial score (nSPS) is 10.5. The van der Waals surface area contributed by atoms with E-state index in [2.05, 4.69) is 10.3 Å². The van der Waals surface area contributed by atoms with Gasteiger partial charge < -0.3 is 5.11 Å². The fourth-order valence-electron chi connectivity index (χ4n) is 1.36. The third-order valence-corrected chi connectivity index (χ3v) is 2.32. The zero-order valence-electron chi connectivity index (χ0n) is 7.97. The van der Waals surface area contributed by atoms with Gasteiger partial charge in [-0.2, -0.15) is 0 Å². The van der Waals surface area contributed by atoms with Crippen LogP contribution in [0, 0.1) is 0 Å². The molecule has 1 N–H and O–H groups in total. The Hall–Kier alpha value is -1.39. The molecule has 78 valence electrons. The van der Waals surface area contributed by atoms with Crippen molar-refractivity contribution in [2.45, 2.75) is 6.54 Å². The van der Waals surface area contributed by atoms with Crippen LogP contribution in [0.2, 0.25) is 5.02 Å². The predicted molar refractivity (Wildman–Crippen MR) is 57.6 cm³/mol. The highest BCUT2D eigenvalue weighted by Crippen LogP contribution is 2.20. The van der Waals surface area contributed by atoms with Gasteiger partial charge in [-0.25, -0.2) is 4.68 Å². The molecule has 0 saturated carbocycles. The number of benzene rings is 1. The molecule has 4 nitrogen and oxygen atoms in total. The van der Waals surface area contributed by atoms with Crippen molar-refractivity contribution in [3.05, 3.63) is 35.5 Å². The van der Waals surface area contributed by atoms with Gasteiger partial charge in [-0.15, -0.1) is 5.10 Å². The van der Waals surface area contributed by atoms with E-state index in [1.165, 1.54) is 0 Å². The van der Waals surface area contributed by atoms with Crippen LogP contribution in [0.3, 0.4) is 0 Å². The summed E-state index contributed by atoms with van der Waals surface area (Å²) in [6.07, 6.45) is 1.67. The molecule has 0 aliphatic carbocycles. The maximum Gasteiger partial charge on any atom is 0.0886 e. The van der Waals surface area contributed by atoms with Crippen LogP contribution >= 0.6 is 11.6 Å². The molecule has 0 unspecified atom stereocenters. The molecular weight excluding hydrogens is 214 g/mol. The van der Waals surface area contributed by atoms with Crippen molar-refractivity contribution in [1.29, 1.82) is 0 Å². The van der Waals surface area contributed by atoms with Gasteiger partial charge >= 0.3 is 0 Å². The first-order chi connectivity index (χ1) is 7.31. The first-order valence-corrected chi connectivity index (χ1v) is 4.94. The number of aliphatic hydroxyl groups is 1. The van der Waals surface area contributed by atoms with E-state index in [9.17, 15) is 0 Å². The molecule has 2 aromatic rings. The second-order valence-corrected chi connectivity index (χ2v) is 3.51. The number of aromatic nitrogens is 3. The van der Waals surface area contributed by atoms with Gasteiger partial charge in [0.15, 0.2) is 0 Å². The number of rotatable bonds is 3. The van der Waals surface area contributed by atoms with Crippen LogP contribution in [0.25, 0.3) is 11.3 Å². The van der Waals surface area contributed by atoms with Crippen LogP contribution in [0.15, 0.2) is 30.5 Å². The van der Waals surface area contributed by atoms with Crippen molar-refractivity contribution in [2.24, 2.45) is 0 Å². The summed E-state index contributed by atoms with van der Waals surface area (Å²) in [5, 5.41) is 17.2. The molecule has 0 atom stereocenters. The van der Waals surface area contributed by atoms with E-state index in [4.69, 9.17) is 16.7 Å². The maximum absolute atomic E-state index is 8.84. The molecule has 1 aromatic carbocycles. The topological polar surface area (TPSA) is 50.9 Å². The molecule has 0 bridgehead atoms. The summed E-state index contributed by atoms with van der Waals surface area (Å²) in [7, 11) is 0. The molecule has 15 heavy (non-hydrogen) atoms. The highest BCUT2D eigenvalue weighted by molar-refractivity contribution is 6.30. The third kappa shape index (κ3) is 2.16. The molecule has 0 aliphatic rings. The number of halogens is 1. The van der Waals surface area contributed by atoms with Gasteiger partial charge in [-0.1, -0.05) is 28.9 Å². The molecule has 1 heterocycles. The Balaban J connectivity index is 2.36. The van der Waals surface area contributed by atoms with Crippen LogP contribution < -0.4 is 0 Å². The summed E-state index contributed by atoms with van der Waals surface area (Å²) in [5.74, 6) is 0. The van der Waals surface area contributed by atoms with Crippen LogP contribution in [-0.2, 0) is 6.54 Å². The summed E-state index contributed by atoms with van der Waals surface area (Å²) >= 11 is 5.80.